The predicted octanol–water partition coefficient (Wildman–Crippen LogP) is 2.05. The van der Waals surface area contributed by atoms with E-state index in [-0.39, 0.29) is 11.9 Å². The van der Waals surface area contributed by atoms with Crippen molar-refractivity contribution in [3.63, 3.8) is 0 Å². The summed E-state index contributed by atoms with van der Waals surface area (Å²) < 4.78 is 24.9. The average molecular weight is 303 g/mol. The molecule has 1 fully saturated rings. The Balaban J connectivity index is 2.21. The number of ether oxygens (including phenoxy) is 2. The third kappa shape index (κ3) is 3.30. The number of nitrogens with two attached hydrogens (primary N) is 1. The lowest BCUT2D eigenvalue weighted by Gasteiger charge is -2.42. The van der Waals surface area contributed by atoms with Crippen molar-refractivity contribution in [2.45, 2.75) is 30.9 Å². The van der Waals surface area contributed by atoms with Crippen LogP contribution in [0.3, 0.4) is 0 Å². The fourth-order valence-electron chi connectivity index (χ4n) is 2.73. The van der Waals surface area contributed by atoms with Gasteiger partial charge in [0.25, 0.3) is 0 Å². The minimum absolute atomic E-state index is 0.204. The van der Waals surface area contributed by atoms with Crippen LogP contribution in [-0.2, 0) is 15.9 Å². The van der Waals surface area contributed by atoms with Gasteiger partial charge in [0.2, 0.25) is 0 Å². The second-order valence-electron chi connectivity index (χ2n) is 5.04. The van der Waals surface area contributed by atoms with E-state index in [0.29, 0.717) is 30.2 Å². The molecule has 0 amide bonds. The smallest absolute Gasteiger partial charge is 0.126 e. The maximum absolute atomic E-state index is 13.9. The summed E-state index contributed by atoms with van der Waals surface area (Å²) in [6.45, 7) is 1.23. The first kappa shape index (κ1) is 15.7. The first-order valence-corrected chi connectivity index (χ1v) is 7.02. The summed E-state index contributed by atoms with van der Waals surface area (Å²) in [4.78, 5) is 0. The van der Waals surface area contributed by atoms with E-state index >= 15 is 0 Å². The van der Waals surface area contributed by atoms with Gasteiger partial charge in [0, 0.05) is 38.2 Å². The minimum Gasteiger partial charge on any atom is -0.381 e. The molecule has 2 rings (SSSR count). The highest BCUT2D eigenvalue weighted by Gasteiger charge is 2.40. The van der Waals surface area contributed by atoms with Crippen LogP contribution in [0.1, 0.15) is 18.4 Å². The molecule has 1 heterocycles. The van der Waals surface area contributed by atoms with Crippen molar-refractivity contribution in [2.75, 3.05) is 20.3 Å². The maximum Gasteiger partial charge on any atom is 0.126 e. The third-order valence-corrected chi connectivity index (χ3v) is 4.25. The third-order valence-electron chi connectivity index (χ3n) is 4.01. The largest absolute Gasteiger partial charge is 0.381 e. The Kier molecular flexibility index (Phi) is 5.35. The van der Waals surface area contributed by atoms with Gasteiger partial charge in [0.15, 0.2) is 0 Å². The van der Waals surface area contributed by atoms with Gasteiger partial charge in [-0.05, 0) is 30.2 Å². The van der Waals surface area contributed by atoms with Gasteiger partial charge in [-0.15, -0.1) is 0 Å². The van der Waals surface area contributed by atoms with Crippen LogP contribution < -0.4 is 11.3 Å². The average Bonchev–Trinajstić information content (AvgIpc) is 2.48. The SMILES string of the molecule is COC1(C(Cc2cc(Cl)ccc2F)NN)CCOCC1. The lowest BCUT2D eigenvalue weighted by Crippen LogP contribution is -2.58. The highest BCUT2D eigenvalue weighted by Crippen LogP contribution is 2.30. The van der Waals surface area contributed by atoms with E-state index in [4.69, 9.17) is 26.9 Å². The number of rotatable bonds is 5. The first-order valence-electron chi connectivity index (χ1n) is 6.64. The summed E-state index contributed by atoms with van der Waals surface area (Å²) in [6.07, 6.45) is 1.86. The molecule has 20 heavy (non-hydrogen) atoms. The lowest BCUT2D eigenvalue weighted by molar-refractivity contribution is -0.110. The van der Waals surface area contributed by atoms with Crippen molar-refractivity contribution in [3.05, 3.63) is 34.6 Å². The van der Waals surface area contributed by atoms with Crippen molar-refractivity contribution in [1.29, 1.82) is 0 Å². The van der Waals surface area contributed by atoms with E-state index < -0.39 is 5.60 Å². The van der Waals surface area contributed by atoms with Crippen LogP contribution in [0.25, 0.3) is 0 Å². The van der Waals surface area contributed by atoms with E-state index in [1.807, 2.05) is 0 Å². The molecule has 1 aromatic rings. The molecule has 0 radical (unpaired) electrons. The van der Waals surface area contributed by atoms with Crippen LogP contribution in [0.5, 0.6) is 0 Å². The van der Waals surface area contributed by atoms with Crippen molar-refractivity contribution >= 4 is 11.6 Å². The van der Waals surface area contributed by atoms with Crippen LogP contribution >= 0.6 is 11.6 Å². The molecular weight excluding hydrogens is 283 g/mol. The van der Waals surface area contributed by atoms with Gasteiger partial charge < -0.3 is 9.47 Å². The molecule has 1 aromatic carbocycles. The molecule has 0 bridgehead atoms. The minimum atomic E-state index is -0.443. The molecule has 3 N–H and O–H groups in total. The molecule has 0 aromatic heterocycles. The van der Waals surface area contributed by atoms with Crippen molar-refractivity contribution in [1.82, 2.24) is 5.43 Å². The van der Waals surface area contributed by atoms with E-state index in [1.165, 1.54) is 12.1 Å². The molecule has 4 nitrogen and oxygen atoms in total. The monoisotopic (exact) mass is 302 g/mol. The van der Waals surface area contributed by atoms with Gasteiger partial charge in [-0.3, -0.25) is 11.3 Å². The normalized spacial score (nSPS) is 19.8. The van der Waals surface area contributed by atoms with Crippen LogP contribution in [0.15, 0.2) is 18.2 Å². The highest BCUT2D eigenvalue weighted by molar-refractivity contribution is 6.30. The van der Waals surface area contributed by atoms with Crippen LogP contribution in [0, 0.1) is 5.82 Å². The molecule has 0 aliphatic carbocycles. The second-order valence-corrected chi connectivity index (χ2v) is 5.48. The van der Waals surface area contributed by atoms with Gasteiger partial charge in [-0.2, -0.15) is 0 Å². The molecule has 0 saturated carbocycles. The first-order chi connectivity index (χ1) is 9.61. The van der Waals surface area contributed by atoms with Gasteiger partial charge >= 0.3 is 0 Å². The molecule has 1 aliphatic heterocycles. The molecule has 1 unspecified atom stereocenters. The van der Waals surface area contributed by atoms with Gasteiger partial charge in [0.1, 0.15) is 5.82 Å². The Labute approximate surface area is 123 Å². The van der Waals surface area contributed by atoms with E-state index in [0.717, 1.165) is 12.8 Å². The molecule has 1 aliphatic rings. The molecular formula is C14H20ClFN2O2. The zero-order valence-electron chi connectivity index (χ0n) is 11.5. The number of methoxy groups -OCH3 is 1. The van der Waals surface area contributed by atoms with Crippen molar-refractivity contribution < 1.29 is 13.9 Å². The summed E-state index contributed by atoms with van der Waals surface area (Å²) in [7, 11) is 1.66. The van der Waals surface area contributed by atoms with E-state index in [2.05, 4.69) is 5.43 Å². The summed E-state index contributed by atoms with van der Waals surface area (Å²) in [6, 6.07) is 4.33. The van der Waals surface area contributed by atoms with Crippen LogP contribution in [0.2, 0.25) is 5.02 Å². The molecule has 1 atom stereocenters. The topological polar surface area (TPSA) is 56.5 Å². The Morgan fingerprint density at radius 2 is 2.20 bits per heavy atom. The fraction of sp³-hybridized carbons (Fsp3) is 0.571. The van der Waals surface area contributed by atoms with Gasteiger partial charge in [0.05, 0.1) is 11.6 Å². The Hall–Kier alpha value is -0.720. The van der Waals surface area contributed by atoms with E-state index in [1.54, 1.807) is 13.2 Å². The summed E-state index contributed by atoms with van der Waals surface area (Å²) in [5.41, 5.74) is 2.86. The highest BCUT2D eigenvalue weighted by atomic mass is 35.5. The molecule has 1 saturated heterocycles. The number of benzene rings is 1. The Morgan fingerprint density at radius 1 is 1.50 bits per heavy atom. The van der Waals surface area contributed by atoms with Crippen molar-refractivity contribution in [2.24, 2.45) is 5.84 Å². The number of halogens is 2. The zero-order valence-corrected chi connectivity index (χ0v) is 12.3. The molecule has 0 spiro atoms. The summed E-state index contributed by atoms with van der Waals surface area (Å²) in [5.74, 6) is 5.39. The molecule has 112 valence electrons. The second kappa shape index (κ2) is 6.83. The standard InChI is InChI=1S/C14H20ClFN2O2/c1-19-14(4-6-20-7-5-14)13(18-17)9-10-8-11(15)2-3-12(10)16/h2-3,8,13,18H,4-7,9,17H2,1H3. The number of hydrogen-bond acceptors (Lipinski definition) is 4. The lowest BCUT2D eigenvalue weighted by atomic mass is 9.83. The van der Waals surface area contributed by atoms with Crippen LogP contribution in [0.4, 0.5) is 4.39 Å². The fourth-order valence-corrected chi connectivity index (χ4v) is 2.92. The number of hydrazine groups is 1. The van der Waals surface area contributed by atoms with Gasteiger partial charge in [-0.1, -0.05) is 11.6 Å². The number of nitrogens with one attached hydrogen (secondary N) is 1. The predicted molar refractivity (Wildman–Crippen MR) is 76.0 cm³/mol. The summed E-state index contributed by atoms with van der Waals surface area (Å²) >= 11 is 5.93. The Morgan fingerprint density at radius 3 is 2.80 bits per heavy atom. The maximum atomic E-state index is 13.9. The Bertz CT molecular complexity index is 453. The van der Waals surface area contributed by atoms with E-state index in [9.17, 15) is 4.39 Å². The zero-order chi connectivity index (χ0) is 14.6. The van der Waals surface area contributed by atoms with Crippen LogP contribution in [-0.4, -0.2) is 32.0 Å². The quantitative estimate of drug-likeness (QED) is 0.646. The molecule has 6 heteroatoms. The van der Waals surface area contributed by atoms with Gasteiger partial charge in [-0.25, -0.2) is 4.39 Å². The van der Waals surface area contributed by atoms with Crippen molar-refractivity contribution in [3.8, 4) is 0 Å². The number of hydrogen-bond donors (Lipinski definition) is 2. The summed E-state index contributed by atoms with van der Waals surface area (Å²) in [5, 5.41) is 0.510.